The van der Waals surface area contributed by atoms with E-state index in [1.165, 1.54) is 0 Å². The number of benzene rings is 2. The topological polar surface area (TPSA) is 88.6 Å². The normalized spacial score (nSPS) is 18.3. The number of methoxy groups -OCH3 is 1. The maximum absolute atomic E-state index is 12.9. The minimum atomic E-state index is -0.127. The molecule has 1 fully saturated rings. The Balaban J connectivity index is 1.43. The van der Waals surface area contributed by atoms with E-state index >= 15 is 0 Å². The number of carbonyl (C=O) groups excluding carboxylic acids is 1. The van der Waals surface area contributed by atoms with Crippen molar-refractivity contribution in [2.45, 2.75) is 38.6 Å². The van der Waals surface area contributed by atoms with Crippen molar-refractivity contribution in [3.05, 3.63) is 52.4 Å². The molecule has 1 aliphatic carbocycles. The first-order chi connectivity index (χ1) is 16.4. The average molecular weight is 467 g/mol. The van der Waals surface area contributed by atoms with Crippen LogP contribution in [0.3, 0.4) is 0 Å². The molecule has 0 bridgehead atoms. The number of nitrogens with zero attached hydrogens (tertiary/aromatic N) is 2. The number of anilines is 1. The molecule has 34 heavy (non-hydrogen) atoms. The molecule has 1 aliphatic rings. The zero-order valence-corrected chi connectivity index (χ0v) is 20.4. The molecule has 0 spiro atoms. The molecule has 1 aromatic heterocycles. The minimum absolute atomic E-state index is 0.0206. The monoisotopic (exact) mass is 466 g/mol. The number of hydrogen-bond acceptors (Lipinski definition) is 5. The van der Waals surface area contributed by atoms with E-state index in [0.29, 0.717) is 12.4 Å². The third-order valence-electron chi connectivity index (χ3n) is 6.62. The minimum Gasteiger partial charge on any atom is -0.496 e. The molecule has 1 amide bonds. The fourth-order valence-corrected chi connectivity index (χ4v) is 4.68. The number of aromatic nitrogens is 2. The van der Waals surface area contributed by atoms with Crippen LogP contribution in [0.4, 0.5) is 5.69 Å². The second-order valence-electron chi connectivity index (χ2n) is 9.28. The van der Waals surface area contributed by atoms with Gasteiger partial charge in [0.05, 0.1) is 12.6 Å². The molecule has 0 aliphatic heterocycles. The fourth-order valence-electron chi connectivity index (χ4n) is 4.68. The molecule has 0 saturated heterocycles. The lowest BCUT2D eigenvalue weighted by molar-refractivity contribution is -0.121. The van der Waals surface area contributed by atoms with E-state index in [9.17, 15) is 9.59 Å². The summed E-state index contributed by atoms with van der Waals surface area (Å²) in [6.07, 6.45) is 3.01. The van der Waals surface area contributed by atoms with E-state index in [1.807, 2.05) is 62.0 Å². The van der Waals surface area contributed by atoms with Crippen molar-refractivity contribution in [1.29, 1.82) is 0 Å². The number of aryl methyl sites for hydroxylation is 1. The molecular formula is C26H34N4O4. The van der Waals surface area contributed by atoms with E-state index in [4.69, 9.17) is 9.47 Å². The SMILES string of the molecule is COc1cc(NC(=O)C2CCC(n3c(=O)[nH]c4c(OCCN(C)C)cccc43)CC2)ccc1C. The van der Waals surface area contributed by atoms with Gasteiger partial charge in [-0.1, -0.05) is 12.1 Å². The van der Waals surface area contributed by atoms with Gasteiger partial charge in [0.1, 0.15) is 23.6 Å². The van der Waals surface area contributed by atoms with Crippen LogP contribution in [0.1, 0.15) is 37.3 Å². The third kappa shape index (κ3) is 5.12. The predicted molar refractivity (Wildman–Crippen MR) is 134 cm³/mol. The van der Waals surface area contributed by atoms with Crippen LogP contribution in [0.5, 0.6) is 11.5 Å². The van der Waals surface area contributed by atoms with Crippen LogP contribution >= 0.6 is 0 Å². The summed E-state index contributed by atoms with van der Waals surface area (Å²) in [4.78, 5) is 30.8. The second-order valence-corrected chi connectivity index (χ2v) is 9.28. The molecule has 0 unspecified atom stereocenters. The number of hydrogen-bond donors (Lipinski definition) is 2. The highest BCUT2D eigenvalue weighted by Gasteiger charge is 2.29. The van der Waals surface area contributed by atoms with Gasteiger partial charge in [0.2, 0.25) is 5.91 Å². The number of H-pyrrole nitrogens is 1. The van der Waals surface area contributed by atoms with Crippen molar-refractivity contribution >= 4 is 22.6 Å². The maximum atomic E-state index is 12.9. The molecule has 0 radical (unpaired) electrons. The first-order valence-electron chi connectivity index (χ1n) is 11.8. The molecule has 3 aromatic rings. The van der Waals surface area contributed by atoms with E-state index in [-0.39, 0.29) is 23.6 Å². The summed E-state index contributed by atoms with van der Waals surface area (Å²) in [5, 5.41) is 3.03. The van der Waals surface area contributed by atoms with Crippen molar-refractivity contribution in [2.75, 3.05) is 39.7 Å². The molecule has 1 saturated carbocycles. The molecule has 0 atom stereocenters. The molecular weight excluding hydrogens is 432 g/mol. The summed E-state index contributed by atoms with van der Waals surface area (Å²) in [7, 11) is 5.62. The number of rotatable bonds is 8. The Labute approximate surface area is 199 Å². The lowest BCUT2D eigenvalue weighted by Gasteiger charge is -2.28. The van der Waals surface area contributed by atoms with Crippen LogP contribution in [0.15, 0.2) is 41.2 Å². The van der Waals surface area contributed by atoms with Crippen LogP contribution in [-0.4, -0.2) is 54.7 Å². The van der Waals surface area contributed by atoms with Crippen molar-refractivity contribution in [3.8, 4) is 11.5 Å². The van der Waals surface area contributed by atoms with Crippen molar-refractivity contribution < 1.29 is 14.3 Å². The van der Waals surface area contributed by atoms with E-state index < -0.39 is 0 Å². The highest BCUT2D eigenvalue weighted by atomic mass is 16.5. The quantitative estimate of drug-likeness (QED) is 0.525. The highest BCUT2D eigenvalue weighted by molar-refractivity contribution is 5.92. The number of carbonyl (C=O) groups is 1. The Hall–Kier alpha value is -3.26. The van der Waals surface area contributed by atoms with Gasteiger partial charge < -0.3 is 24.7 Å². The van der Waals surface area contributed by atoms with Gasteiger partial charge in [-0.15, -0.1) is 0 Å². The molecule has 2 N–H and O–H groups in total. The number of aromatic amines is 1. The zero-order chi connectivity index (χ0) is 24.2. The standard InChI is InChI=1S/C26H34N4O4/c1-17-8-11-19(16-23(17)33-4)27-25(31)18-9-12-20(13-10-18)30-21-6-5-7-22(24(21)28-26(30)32)34-15-14-29(2)3/h5-8,11,16,18,20H,9-10,12-15H2,1-4H3,(H,27,31)(H,28,32). The van der Waals surface area contributed by atoms with Crippen LogP contribution in [-0.2, 0) is 4.79 Å². The number of imidazole rings is 1. The lowest BCUT2D eigenvalue weighted by Crippen LogP contribution is -2.31. The summed E-state index contributed by atoms with van der Waals surface area (Å²) in [6.45, 7) is 3.31. The summed E-state index contributed by atoms with van der Waals surface area (Å²) >= 11 is 0. The molecule has 182 valence electrons. The number of amides is 1. The van der Waals surface area contributed by atoms with E-state index in [2.05, 4.69) is 15.2 Å². The van der Waals surface area contributed by atoms with Gasteiger partial charge in [-0.05, 0) is 70.5 Å². The van der Waals surface area contributed by atoms with Crippen LogP contribution in [0.2, 0.25) is 0 Å². The predicted octanol–water partition coefficient (Wildman–Crippen LogP) is 3.96. The number of fused-ring (bicyclic) bond motifs is 1. The Bertz CT molecular complexity index is 1210. The largest absolute Gasteiger partial charge is 0.496 e. The van der Waals surface area contributed by atoms with Gasteiger partial charge in [0.25, 0.3) is 0 Å². The van der Waals surface area contributed by atoms with Gasteiger partial charge in [-0.25, -0.2) is 4.79 Å². The van der Waals surface area contributed by atoms with Gasteiger partial charge in [0, 0.05) is 30.3 Å². The number of nitrogens with one attached hydrogen (secondary N) is 2. The van der Waals surface area contributed by atoms with Gasteiger partial charge in [-0.3, -0.25) is 9.36 Å². The molecule has 1 heterocycles. The summed E-state index contributed by atoms with van der Waals surface area (Å²) in [5.74, 6) is 1.39. The zero-order valence-electron chi connectivity index (χ0n) is 20.4. The molecule has 4 rings (SSSR count). The summed E-state index contributed by atoms with van der Waals surface area (Å²) < 4.78 is 13.1. The van der Waals surface area contributed by atoms with E-state index in [0.717, 1.165) is 60.3 Å². The lowest BCUT2D eigenvalue weighted by atomic mass is 9.85. The van der Waals surface area contributed by atoms with Crippen molar-refractivity contribution in [1.82, 2.24) is 14.5 Å². The number of ether oxygens (including phenoxy) is 2. The van der Waals surface area contributed by atoms with Crippen molar-refractivity contribution in [3.63, 3.8) is 0 Å². The Morgan fingerprint density at radius 2 is 1.91 bits per heavy atom. The average Bonchev–Trinajstić information content (AvgIpc) is 3.16. The maximum Gasteiger partial charge on any atom is 0.326 e. The van der Waals surface area contributed by atoms with Crippen molar-refractivity contribution in [2.24, 2.45) is 5.92 Å². The molecule has 8 nitrogen and oxygen atoms in total. The number of para-hydroxylation sites is 1. The fraction of sp³-hybridized carbons (Fsp3) is 0.462. The van der Waals surface area contributed by atoms with E-state index in [1.54, 1.807) is 7.11 Å². The van der Waals surface area contributed by atoms with Crippen LogP contribution < -0.4 is 20.5 Å². The molecule has 8 heteroatoms. The number of likely N-dealkylation sites (N-methyl/N-ethyl adjacent to an activating group) is 1. The first kappa shape index (κ1) is 23.9. The Morgan fingerprint density at radius 1 is 1.15 bits per heavy atom. The second kappa shape index (κ2) is 10.3. The van der Waals surface area contributed by atoms with Gasteiger partial charge >= 0.3 is 5.69 Å². The molecule has 2 aromatic carbocycles. The van der Waals surface area contributed by atoms with Gasteiger partial charge in [0.15, 0.2) is 0 Å². The summed E-state index contributed by atoms with van der Waals surface area (Å²) in [6, 6.07) is 11.5. The highest BCUT2D eigenvalue weighted by Crippen LogP contribution is 2.35. The van der Waals surface area contributed by atoms with Crippen LogP contribution in [0, 0.1) is 12.8 Å². The summed E-state index contributed by atoms with van der Waals surface area (Å²) in [5.41, 5.74) is 3.23. The Kier molecular flexibility index (Phi) is 7.26. The smallest absolute Gasteiger partial charge is 0.326 e. The van der Waals surface area contributed by atoms with Crippen LogP contribution in [0.25, 0.3) is 11.0 Å². The third-order valence-corrected chi connectivity index (χ3v) is 6.62. The first-order valence-corrected chi connectivity index (χ1v) is 11.8. The van der Waals surface area contributed by atoms with Gasteiger partial charge in [-0.2, -0.15) is 0 Å². The Morgan fingerprint density at radius 3 is 2.62 bits per heavy atom.